The minimum atomic E-state index is -4.66. The van der Waals surface area contributed by atoms with E-state index in [9.17, 15) is 18.0 Å². The molecule has 0 spiro atoms. The Morgan fingerprint density at radius 2 is 2.03 bits per heavy atom. The number of rotatable bonds is 2. The van der Waals surface area contributed by atoms with Crippen molar-refractivity contribution in [1.29, 1.82) is 0 Å². The molecule has 0 bridgehead atoms. The Labute approximate surface area is 176 Å². The number of nitrogens with zero attached hydrogens (tertiary/aromatic N) is 7. The molecule has 2 aliphatic rings. The van der Waals surface area contributed by atoms with Gasteiger partial charge in [0, 0.05) is 44.5 Å². The van der Waals surface area contributed by atoms with Crippen LogP contribution in [0.1, 0.15) is 34.6 Å². The van der Waals surface area contributed by atoms with Crippen molar-refractivity contribution >= 4 is 11.6 Å². The Morgan fingerprint density at radius 1 is 1.23 bits per heavy atom. The number of halogens is 3. The molecule has 3 aromatic heterocycles. The number of hydrogen-bond donors (Lipinski definition) is 0. The van der Waals surface area contributed by atoms with Gasteiger partial charge in [-0.1, -0.05) is 0 Å². The first-order chi connectivity index (χ1) is 14.7. The first kappa shape index (κ1) is 20.0. The van der Waals surface area contributed by atoms with Crippen molar-refractivity contribution < 1.29 is 18.0 Å². The monoisotopic (exact) mass is 433 g/mol. The van der Waals surface area contributed by atoms with Gasteiger partial charge in [0.15, 0.2) is 11.3 Å². The van der Waals surface area contributed by atoms with Crippen molar-refractivity contribution in [3.05, 3.63) is 35.4 Å². The molecular formula is C20H22F3N7O. The van der Waals surface area contributed by atoms with Crippen LogP contribution in [0.25, 0.3) is 16.9 Å². The van der Waals surface area contributed by atoms with Crippen LogP contribution in [0.15, 0.2) is 18.5 Å². The van der Waals surface area contributed by atoms with E-state index in [0.717, 1.165) is 32.0 Å². The van der Waals surface area contributed by atoms with Crippen molar-refractivity contribution in [2.45, 2.75) is 32.0 Å². The maximum Gasteiger partial charge on any atom is 0.433 e. The lowest BCUT2D eigenvalue weighted by molar-refractivity contribution is -0.142. The molecule has 5 heterocycles. The molecule has 0 radical (unpaired) electrons. The van der Waals surface area contributed by atoms with Crippen LogP contribution in [-0.2, 0) is 13.2 Å². The van der Waals surface area contributed by atoms with Gasteiger partial charge in [0.2, 0.25) is 0 Å². The average molecular weight is 433 g/mol. The third-order valence-corrected chi connectivity index (χ3v) is 6.16. The van der Waals surface area contributed by atoms with Crippen molar-refractivity contribution in [1.82, 2.24) is 34.2 Å². The summed E-state index contributed by atoms with van der Waals surface area (Å²) in [5.74, 6) is -0.331. The molecule has 1 atom stereocenters. The quantitative estimate of drug-likeness (QED) is 0.621. The molecule has 1 amide bonds. The van der Waals surface area contributed by atoms with Gasteiger partial charge < -0.3 is 4.90 Å². The van der Waals surface area contributed by atoms with Gasteiger partial charge in [-0.15, -0.1) is 0 Å². The second-order valence-corrected chi connectivity index (χ2v) is 8.20. The van der Waals surface area contributed by atoms with Crippen molar-refractivity contribution in [3.63, 3.8) is 0 Å². The topological polar surface area (TPSA) is 71.6 Å². The number of aryl methyl sites for hydroxylation is 2. The standard InChI is InChI=1S/C20H22F3N7O/c1-12-15(11-27(2)26-12)16-8-17(20(21,22)23)30-18(25-16)14(9-24-30)19(31)29-7-6-28-5-3-4-13(28)10-29/h8-9,11,13H,3-7,10H2,1-2H3/t13-/m0/s1. The summed E-state index contributed by atoms with van der Waals surface area (Å²) < 4.78 is 43.7. The van der Waals surface area contributed by atoms with Crippen LogP contribution >= 0.6 is 0 Å². The van der Waals surface area contributed by atoms with Gasteiger partial charge in [0.1, 0.15) is 5.56 Å². The Hall–Kier alpha value is -2.95. The van der Waals surface area contributed by atoms with Crippen LogP contribution in [0.5, 0.6) is 0 Å². The number of alkyl halides is 3. The third-order valence-electron chi connectivity index (χ3n) is 6.16. The lowest BCUT2D eigenvalue weighted by Crippen LogP contribution is -2.52. The molecule has 0 N–H and O–H groups in total. The number of carbonyl (C=O) groups is 1. The zero-order valence-corrected chi connectivity index (χ0v) is 17.2. The first-order valence-electron chi connectivity index (χ1n) is 10.2. The number of amides is 1. The summed E-state index contributed by atoms with van der Waals surface area (Å²) in [6.07, 6.45) is 0.285. The number of carbonyl (C=O) groups excluding carboxylic acids is 1. The second kappa shape index (κ2) is 7.04. The molecular weight excluding hydrogens is 411 g/mol. The van der Waals surface area contributed by atoms with E-state index in [1.807, 2.05) is 0 Å². The van der Waals surface area contributed by atoms with E-state index >= 15 is 0 Å². The Morgan fingerprint density at radius 3 is 2.74 bits per heavy atom. The van der Waals surface area contributed by atoms with Gasteiger partial charge in [-0.2, -0.15) is 23.4 Å². The Kier molecular flexibility index (Phi) is 4.54. The predicted molar refractivity (Wildman–Crippen MR) is 105 cm³/mol. The maximum absolute atomic E-state index is 13.8. The molecule has 2 aliphatic heterocycles. The van der Waals surface area contributed by atoms with E-state index in [-0.39, 0.29) is 22.8 Å². The zero-order valence-electron chi connectivity index (χ0n) is 17.2. The second-order valence-electron chi connectivity index (χ2n) is 8.20. The predicted octanol–water partition coefficient (Wildman–Crippen LogP) is 2.38. The maximum atomic E-state index is 13.8. The van der Waals surface area contributed by atoms with Crippen molar-refractivity contribution in [2.24, 2.45) is 7.05 Å². The SMILES string of the molecule is Cc1nn(C)cc1-c1cc(C(F)(F)F)n2ncc(C(=O)N3CCN4CCC[C@H]4C3)c2n1. The highest BCUT2D eigenvalue weighted by atomic mass is 19.4. The van der Waals surface area contributed by atoms with Crippen LogP contribution < -0.4 is 0 Å². The highest BCUT2D eigenvalue weighted by Gasteiger charge is 2.38. The fourth-order valence-corrected chi connectivity index (χ4v) is 4.65. The number of fused-ring (bicyclic) bond motifs is 2. The highest BCUT2D eigenvalue weighted by molar-refractivity contribution is 6.00. The average Bonchev–Trinajstić information content (AvgIpc) is 3.43. The van der Waals surface area contributed by atoms with Crippen LogP contribution in [0.4, 0.5) is 13.2 Å². The van der Waals surface area contributed by atoms with Crippen LogP contribution in [0.2, 0.25) is 0 Å². The van der Waals surface area contributed by atoms with Gasteiger partial charge in [0.05, 0.1) is 17.6 Å². The van der Waals surface area contributed by atoms with Gasteiger partial charge in [-0.25, -0.2) is 9.50 Å². The molecule has 2 fully saturated rings. The van der Waals surface area contributed by atoms with Gasteiger partial charge in [-0.3, -0.25) is 14.4 Å². The van der Waals surface area contributed by atoms with Crippen molar-refractivity contribution in [3.8, 4) is 11.3 Å². The van der Waals surface area contributed by atoms with Gasteiger partial charge in [0.25, 0.3) is 5.91 Å². The highest BCUT2D eigenvalue weighted by Crippen LogP contribution is 2.33. The molecule has 2 saturated heterocycles. The molecule has 164 valence electrons. The summed E-state index contributed by atoms with van der Waals surface area (Å²) in [7, 11) is 1.69. The Balaban J connectivity index is 1.60. The molecule has 0 aromatic carbocycles. The van der Waals surface area contributed by atoms with E-state index in [1.54, 1.807) is 25.1 Å². The molecule has 0 unspecified atom stereocenters. The zero-order chi connectivity index (χ0) is 21.9. The number of hydrogen-bond acceptors (Lipinski definition) is 5. The van der Waals surface area contributed by atoms with Crippen LogP contribution in [-0.4, -0.2) is 72.3 Å². The summed E-state index contributed by atoms with van der Waals surface area (Å²) in [6, 6.07) is 1.27. The van der Waals surface area contributed by atoms with E-state index < -0.39 is 11.9 Å². The molecule has 5 rings (SSSR count). The Bertz CT molecular complexity index is 1170. The lowest BCUT2D eigenvalue weighted by Gasteiger charge is -2.37. The van der Waals surface area contributed by atoms with Gasteiger partial charge >= 0.3 is 6.18 Å². The normalized spacial score (nSPS) is 19.9. The van der Waals surface area contributed by atoms with E-state index in [2.05, 4.69) is 20.1 Å². The summed E-state index contributed by atoms with van der Waals surface area (Å²) >= 11 is 0. The first-order valence-corrected chi connectivity index (χ1v) is 10.2. The van der Waals surface area contributed by atoms with E-state index in [4.69, 9.17) is 0 Å². The number of piperazine rings is 1. The van der Waals surface area contributed by atoms with E-state index in [0.29, 0.717) is 34.9 Å². The molecule has 0 aliphatic carbocycles. The number of aromatic nitrogens is 5. The summed E-state index contributed by atoms with van der Waals surface area (Å²) in [5, 5.41) is 8.09. The minimum Gasteiger partial charge on any atom is -0.336 e. The minimum absolute atomic E-state index is 0.0836. The molecule has 3 aromatic rings. The lowest BCUT2D eigenvalue weighted by atomic mass is 10.1. The summed E-state index contributed by atoms with van der Waals surface area (Å²) in [6.45, 7) is 4.63. The molecule has 8 nitrogen and oxygen atoms in total. The fourth-order valence-electron chi connectivity index (χ4n) is 4.65. The molecule has 0 saturated carbocycles. The van der Waals surface area contributed by atoms with Gasteiger partial charge in [-0.05, 0) is 32.4 Å². The third kappa shape index (κ3) is 3.36. The summed E-state index contributed by atoms with van der Waals surface area (Å²) in [4.78, 5) is 21.8. The molecule has 11 heteroatoms. The smallest absolute Gasteiger partial charge is 0.336 e. The van der Waals surface area contributed by atoms with Crippen molar-refractivity contribution in [2.75, 3.05) is 26.2 Å². The summed E-state index contributed by atoms with van der Waals surface area (Å²) in [5.41, 5.74) is 0.162. The fraction of sp³-hybridized carbons (Fsp3) is 0.500. The molecule has 31 heavy (non-hydrogen) atoms. The largest absolute Gasteiger partial charge is 0.433 e. The van der Waals surface area contributed by atoms with E-state index in [1.165, 1.54) is 10.9 Å². The van der Waals surface area contributed by atoms with Crippen LogP contribution in [0.3, 0.4) is 0 Å². The van der Waals surface area contributed by atoms with Crippen LogP contribution in [0, 0.1) is 6.92 Å².